The summed E-state index contributed by atoms with van der Waals surface area (Å²) in [6.07, 6.45) is 0. The predicted molar refractivity (Wildman–Crippen MR) is 45.4 cm³/mol. The topological polar surface area (TPSA) is 65.7 Å². The molecule has 0 saturated heterocycles. The van der Waals surface area contributed by atoms with Crippen molar-refractivity contribution in [1.29, 1.82) is 0 Å². The molecule has 0 fully saturated rings. The van der Waals surface area contributed by atoms with Crippen LogP contribution in [0.1, 0.15) is 5.69 Å². The first-order valence-electron chi connectivity index (χ1n) is 2.61. The average Bonchev–Trinajstić information content (AvgIpc) is 1.85. The third-order valence-electron chi connectivity index (χ3n) is 0.960. The summed E-state index contributed by atoms with van der Waals surface area (Å²) in [5.41, 5.74) is -0.149. The van der Waals surface area contributed by atoms with E-state index in [0.29, 0.717) is 10.1 Å². The molecule has 0 aliphatic carbocycles. The minimum atomic E-state index is -0.445. The molecule has 0 aliphatic heterocycles. The molecule has 0 aliphatic rings. The molecule has 1 aromatic rings. The van der Waals surface area contributed by atoms with Gasteiger partial charge in [-0.1, -0.05) is 22.6 Å². The van der Waals surface area contributed by atoms with Crippen LogP contribution in [0.3, 0.4) is 0 Å². The number of H-pyrrole nitrogens is 2. The minimum absolute atomic E-state index is 0.351. The van der Waals surface area contributed by atoms with Crippen molar-refractivity contribution < 1.29 is 0 Å². The molecule has 4 nitrogen and oxygen atoms in total. The Kier molecular flexibility index (Phi) is 2.25. The standard InChI is InChI=1S/C5H5IN2O2/c6-2-3-1-4(9)8-5(10)7-3/h1H,2H2,(H2,7,8,9,10). The highest BCUT2D eigenvalue weighted by Gasteiger charge is 1.91. The lowest BCUT2D eigenvalue weighted by molar-refractivity contribution is 0.992. The highest BCUT2D eigenvalue weighted by molar-refractivity contribution is 14.1. The van der Waals surface area contributed by atoms with E-state index in [1.54, 1.807) is 0 Å². The predicted octanol–water partition coefficient (Wildman–Crippen LogP) is -0.00180. The third kappa shape index (κ3) is 1.69. The van der Waals surface area contributed by atoms with Crippen LogP contribution in [0.2, 0.25) is 0 Å². The van der Waals surface area contributed by atoms with Crippen LogP contribution in [0.25, 0.3) is 0 Å². The molecule has 0 unspecified atom stereocenters. The number of aromatic nitrogens is 2. The van der Waals surface area contributed by atoms with Gasteiger partial charge < -0.3 is 4.98 Å². The number of rotatable bonds is 1. The Hall–Kier alpha value is -0.590. The molecule has 0 radical (unpaired) electrons. The van der Waals surface area contributed by atoms with Crippen molar-refractivity contribution in [2.24, 2.45) is 0 Å². The van der Waals surface area contributed by atoms with Gasteiger partial charge in [-0.05, 0) is 0 Å². The lowest BCUT2D eigenvalue weighted by Crippen LogP contribution is -2.22. The molecule has 0 amide bonds. The van der Waals surface area contributed by atoms with Crippen LogP contribution in [-0.2, 0) is 4.43 Å². The Balaban J connectivity index is 3.33. The SMILES string of the molecule is O=c1cc(CI)[nH]c(=O)[nH]1. The summed E-state index contributed by atoms with van der Waals surface area (Å²) in [4.78, 5) is 25.7. The van der Waals surface area contributed by atoms with Crippen LogP contribution in [0, 0.1) is 0 Å². The van der Waals surface area contributed by atoms with Crippen molar-refractivity contribution in [3.8, 4) is 0 Å². The number of halogens is 1. The zero-order chi connectivity index (χ0) is 7.56. The molecule has 0 bridgehead atoms. The summed E-state index contributed by atoms with van der Waals surface area (Å²) < 4.78 is 0.636. The van der Waals surface area contributed by atoms with Gasteiger partial charge in [-0.15, -0.1) is 0 Å². The van der Waals surface area contributed by atoms with Crippen molar-refractivity contribution >= 4 is 22.6 Å². The molecule has 0 atom stereocenters. The fraction of sp³-hybridized carbons (Fsp3) is 0.200. The number of hydrogen-bond donors (Lipinski definition) is 2. The fourth-order valence-electron chi connectivity index (χ4n) is 0.591. The first-order chi connectivity index (χ1) is 4.72. The summed E-state index contributed by atoms with van der Waals surface area (Å²) in [7, 11) is 0. The third-order valence-corrected chi connectivity index (χ3v) is 1.78. The summed E-state index contributed by atoms with van der Waals surface area (Å²) in [6, 6.07) is 1.37. The lowest BCUT2D eigenvalue weighted by atomic mass is 10.5. The molecule has 5 heteroatoms. The number of nitrogens with one attached hydrogen (secondary N) is 2. The van der Waals surface area contributed by atoms with Gasteiger partial charge in [0.15, 0.2) is 0 Å². The van der Waals surface area contributed by atoms with Crippen molar-refractivity contribution in [2.75, 3.05) is 0 Å². The van der Waals surface area contributed by atoms with Gasteiger partial charge in [0.1, 0.15) is 0 Å². The highest BCUT2D eigenvalue weighted by atomic mass is 127. The maximum atomic E-state index is 10.6. The Morgan fingerprint density at radius 2 is 2.10 bits per heavy atom. The Bertz CT molecular complexity index is 299. The first-order valence-corrected chi connectivity index (χ1v) is 4.13. The molecule has 10 heavy (non-hydrogen) atoms. The zero-order valence-corrected chi connectivity index (χ0v) is 7.14. The lowest BCUT2D eigenvalue weighted by Gasteiger charge is -1.89. The molecule has 0 spiro atoms. The summed E-state index contributed by atoms with van der Waals surface area (Å²) >= 11 is 2.06. The largest absolute Gasteiger partial charge is 0.325 e. The van der Waals surface area contributed by atoms with Gasteiger partial charge in [-0.3, -0.25) is 9.78 Å². The maximum absolute atomic E-state index is 10.6. The van der Waals surface area contributed by atoms with E-state index in [9.17, 15) is 9.59 Å². The van der Waals surface area contributed by atoms with E-state index >= 15 is 0 Å². The molecular weight excluding hydrogens is 247 g/mol. The average molecular weight is 252 g/mol. The van der Waals surface area contributed by atoms with Gasteiger partial charge in [-0.25, -0.2) is 4.79 Å². The first kappa shape index (κ1) is 7.52. The summed E-state index contributed by atoms with van der Waals surface area (Å²) in [6.45, 7) is 0. The van der Waals surface area contributed by atoms with Crippen molar-refractivity contribution in [3.05, 3.63) is 32.6 Å². The second kappa shape index (κ2) is 3.00. The van der Waals surface area contributed by atoms with Gasteiger partial charge in [0.2, 0.25) is 0 Å². The second-order valence-corrected chi connectivity index (χ2v) is 2.51. The second-order valence-electron chi connectivity index (χ2n) is 1.75. The van der Waals surface area contributed by atoms with E-state index in [1.807, 2.05) is 0 Å². The monoisotopic (exact) mass is 252 g/mol. The molecule has 1 aromatic heterocycles. The van der Waals surface area contributed by atoms with Crippen LogP contribution in [0.15, 0.2) is 15.7 Å². The highest BCUT2D eigenvalue weighted by Crippen LogP contribution is 1.93. The summed E-state index contributed by atoms with van der Waals surface area (Å²) in [5.74, 6) is 0. The van der Waals surface area contributed by atoms with Crippen LogP contribution in [0.5, 0.6) is 0 Å². The van der Waals surface area contributed by atoms with E-state index in [0.717, 1.165) is 0 Å². The van der Waals surface area contributed by atoms with Crippen LogP contribution in [0.4, 0.5) is 0 Å². The normalized spacial score (nSPS) is 9.70. The van der Waals surface area contributed by atoms with E-state index in [4.69, 9.17) is 0 Å². The van der Waals surface area contributed by atoms with Crippen molar-refractivity contribution in [1.82, 2.24) is 9.97 Å². The molecular formula is C5H5IN2O2. The Labute approximate surface area is 69.8 Å². The molecule has 2 N–H and O–H groups in total. The molecule has 54 valence electrons. The van der Waals surface area contributed by atoms with Gasteiger partial charge in [-0.2, -0.15) is 0 Å². The van der Waals surface area contributed by atoms with Crippen LogP contribution in [-0.4, -0.2) is 9.97 Å². The molecule has 1 rings (SSSR count). The van der Waals surface area contributed by atoms with Crippen molar-refractivity contribution in [3.63, 3.8) is 0 Å². The molecule has 0 aromatic carbocycles. The maximum Gasteiger partial charge on any atom is 0.325 e. The Morgan fingerprint density at radius 3 is 2.60 bits per heavy atom. The smallest absolute Gasteiger partial charge is 0.310 e. The fourth-order valence-corrected chi connectivity index (χ4v) is 1.00. The van der Waals surface area contributed by atoms with E-state index in [1.165, 1.54) is 6.07 Å². The number of alkyl halides is 1. The number of aromatic amines is 2. The quantitative estimate of drug-likeness (QED) is 0.545. The van der Waals surface area contributed by atoms with Gasteiger partial charge in [0.05, 0.1) is 0 Å². The van der Waals surface area contributed by atoms with Crippen molar-refractivity contribution in [2.45, 2.75) is 4.43 Å². The number of hydrogen-bond acceptors (Lipinski definition) is 2. The van der Waals surface area contributed by atoms with Crippen LogP contribution >= 0.6 is 22.6 Å². The van der Waals surface area contributed by atoms with Gasteiger partial charge >= 0.3 is 5.69 Å². The van der Waals surface area contributed by atoms with E-state index in [2.05, 4.69) is 32.6 Å². The molecule has 1 heterocycles. The zero-order valence-electron chi connectivity index (χ0n) is 4.98. The minimum Gasteiger partial charge on any atom is -0.310 e. The van der Waals surface area contributed by atoms with Crippen LogP contribution < -0.4 is 11.2 Å². The Morgan fingerprint density at radius 1 is 1.40 bits per heavy atom. The van der Waals surface area contributed by atoms with Gasteiger partial charge in [0.25, 0.3) is 5.56 Å². The van der Waals surface area contributed by atoms with Gasteiger partial charge in [0, 0.05) is 16.2 Å². The summed E-state index contributed by atoms with van der Waals surface area (Å²) in [5, 5.41) is 0. The van der Waals surface area contributed by atoms with E-state index in [-0.39, 0.29) is 5.56 Å². The van der Waals surface area contributed by atoms with E-state index < -0.39 is 5.69 Å². The molecule has 0 saturated carbocycles.